The topological polar surface area (TPSA) is 58.4 Å². The molecule has 0 spiro atoms. The summed E-state index contributed by atoms with van der Waals surface area (Å²) in [6.07, 6.45) is 1.77. The van der Waals surface area contributed by atoms with Gasteiger partial charge in [-0.1, -0.05) is 66.5 Å². The average Bonchev–Trinajstić information content (AvgIpc) is 3.29. The number of nitrogens with one attached hydrogen (secondary N) is 1. The summed E-state index contributed by atoms with van der Waals surface area (Å²) in [4.78, 5) is 15.8. The minimum Gasteiger partial charge on any atom is -0.369 e. The molecule has 3 N–H and O–H groups in total. The van der Waals surface area contributed by atoms with E-state index in [-0.39, 0.29) is 17.9 Å². The van der Waals surface area contributed by atoms with Gasteiger partial charge in [-0.05, 0) is 68.2 Å². The smallest absolute Gasteiger partial charge is 0.228 e. The average molecular weight is 446 g/mol. The van der Waals surface area contributed by atoms with Gasteiger partial charge in [0, 0.05) is 12.0 Å². The van der Waals surface area contributed by atoms with Crippen molar-refractivity contribution < 1.29 is 4.79 Å². The van der Waals surface area contributed by atoms with Crippen LogP contribution in [0.25, 0.3) is 0 Å². The normalized spacial score (nSPS) is 29.8. The highest BCUT2D eigenvalue weighted by atomic mass is 35.5. The van der Waals surface area contributed by atoms with Gasteiger partial charge >= 0.3 is 0 Å². The zero-order chi connectivity index (χ0) is 21.3. The Morgan fingerprint density at radius 1 is 1.20 bits per heavy atom. The van der Waals surface area contributed by atoms with Crippen molar-refractivity contribution in [1.29, 1.82) is 0 Å². The molecule has 1 amide bonds. The maximum atomic E-state index is 13.3. The van der Waals surface area contributed by atoms with Crippen molar-refractivity contribution >= 4 is 29.1 Å². The lowest BCUT2D eigenvalue weighted by atomic mass is 9.58. The highest BCUT2D eigenvalue weighted by molar-refractivity contribution is 6.42. The van der Waals surface area contributed by atoms with Gasteiger partial charge in [0.05, 0.1) is 15.5 Å². The first-order valence-corrected chi connectivity index (χ1v) is 11.5. The number of amides is 1. The molecule has 0 saturated carbocycles. The zero-order valence-electron chi connectivity index (χ0n) is 17.3. The number of carbonyl (C=O) groups excluding carboxylic acids is 1. The van der Waals surface area contributed by atoms with Gasteiger partial charge in [0.2, 0.25) is 5.91 Å². The summed E-state index contributed by atoms with van der Waals surface area (Å²) in [6, 6.07) is 16.0. The SMILES string of the molecule is CCN1CCC(C(N)=O)(c2ccccc2)C(c2ccc(Cl)c(Cl)c2)C1C1CCNC1. The monoisotopic (exact) mass is 445 g/mol. The van der Waals surface area contributed by atoms with Crippen LogP contribution in [0.4, 0.5) is 0 Å². The molecule has 4 atom stereocenters. The van der Waals surface area contributed by atoms with E-state index in [0.717, 1.165) is 43.7 Å². The first kappa shape index (κ1) is 21.6. The molecule has 4 nitrogen and oxygen atoms in total. The van der Waals surface area contributed by atoms with Gasteiger partial charge < -0.3 is 11.1 Å². The standard InChI is InChI=1S/C24H29Cl2N3O/c1-2-29-13-11-24(23(27)30,18-6-4-3-5-7-18)21(22(29)17-10-12-28-15-17)16-8-9-19(25)20(26)14-16/h3-9,14,17,21-22,28H,2,10-13,15H2,1H3,(H2,27,30). The Bertz CT molecular complexity index is 899. The number of piperidine rings is 1. The lowest BCUT2D eigenvalue weighted by Gasteiger charge is -2.53. The van der Waals surface area contributed by atoms with E-state index in [2.05, 4.69) is 17.1 Å². The van der Waals surface area contributed by atoms with Gasteiger partial charge in [-0.25, -0.2) is 0 Å². The molecule has 30 heavy (non-hydrogen) atoms. The summed E-state index contributed by atoms with van der Waals surface area (Å²) in [5.74, 6) is 0.0642. The number of primary amides is 1. The summed E-state index contributed by atoms with van der Waals surface area (Å²) >= 11 is 12.7. The van der Waals surface area contributed by atoms with Crippen LogP contribution in [-0.4, -0.2) is 43.0 Å². The molecule has 160 valence electrons. The van der Waals surface area contributed by atoms with Gasteiger partial charge in [-0.15, -0.1) is 0 Å². The number of likely N-dealkylation sites (N-methyl/N-ethyl adjacent to an activating group) is 1. The summed E-state index contributed by atoms with van der Waals surface area (Å²) < 4.78 is 0. The Morgan fingerprint density at radius 2 is 1.97 bits per heavy atom. The van der Waals surface area contributed by atoms with Crippen molar-refractivity contribution in [2.45, 2.75) is 37.1 Å². The molecular formula is C24H29Cl2N3O. The van der Waals surface area contributed by atoms with Gasteiger partial charge in [0.25, 0.3) is 0 Å². The fourth-order valence-corrected chi connectivity index (χ4v) is 6.01. The first-order valence-electron chi connectivity index (χ1n) is 10.7. The van der Waals surface area contributed by atoms with Crippen molar-refractivity contribution in [1.82, 2.24) is 10.2 Å². The van der Waals surface area contributed by atoms with Gasteiger partial charge in [-0.2, -0.15) is 0 Å². The number of carbonyl (C=O) groups is 1. The number of halogens is 2. The van der Waals surface area contributed by atoms with E-state index in [1.54, 1.807) is 0 Å². The van der Waals surface area contributed by atoms with Crippen LogP contribution in [0.15, 0.2) is 48.5 Å². The minimum absolute atomic E-state index is 0.106. The Labute approximate surface area is 188 Å². The second-order valence-electron chi connectivity index (χ2n) is 8.47. The van der Waals surface area contributed by atoms with Crippen LogP contribution in [0, 0.1) is 5.92 Å². The number of nitrogens with zero attached hydrogens (tertiary/aromatic N) is 1. The number of likely N-dealkylation sites (tertiary alicyclic amines) is 1. The largest absolute Gasteiger partial charge is 0.369 e. The number of hydrogen-bond donors (Lipinski definition) is 2. The van der Waals surface area contributed by atoms with Crippen molar-refractivity contribution in [3.63, 3.8) is 0 Å². The van der Waals surface area contributed by atoms with Gasteiger partial charge in [0.1, 0.15) is 0 Å². The predicted octanol–water partition coefficient (Wildman–Crippen LogP) is 4.20. The Hall–Kier alpha value is -1.59. The van der Waals surface area contributed by atoms with Crippen LogP contribution in [0.5, 0.6) is 0 Å². The molecule has 0 aliphatic carbocycles. The van der Waals surface area contributed by atoms with Crippen LogP contribution in [0.3, 0.4) is 0 Å². The summed E-state index contributed by atoms with van der Waals surface area (Å²) in [5, 5.41) is 4.55. The molecule has 2 aromatic rings. The van der Waals surface area contributed by atoms with E-state index in [9.17, 15) is 4.79 Å². The molecule has 0 bridgehead atoms. The lowest BCUT2D eigenvalue weighted by molar-refractivity contribution is -0.128. The third-order valence-corrected chi connectivity index (χ3v) is 7.85. The Balaban J connectivity index is 1.95. The molecule has 2 fully saturated rings. The molecule has 2 aliphatic rings. The van der Waals surface area contributed by atoms with Crippen molar-refractivity contribution in [3.8, 4) is 0 Å². The fraction of sp³-hybridized carbons (Fsp3) is 0.458. The van der Waals surface area contributed by atoms with E-state index in [1.807, 2.05) is 48.5 Å². The molecule has 2 heterocycles. The predicted molar refractivity (Wildman–Crippen MR) is 123 cm³/mol. The fourth-order valence-electron chi connectivity index (χ4n) is 5.70. The molecule has 2 aromatic carbocycles. The van der Waals surface area contributed by atoms with Crippen LogP contribution in [-0.2, 0) is 10.2 Å². The number of benzene rings is 2. The van der Waals surface area contributed by atoms with E-state index in [1.165, 1.54) is 0 Å². The molecule has 4 rings (SSSR count). The number of hydrogen-bond acceptors (Lipinski definition) is 3. The minimum atomic E-state index is -0.794. The third kappa shape index (κ3) is 3.64. The van der Waals surface area contributed by atoms with Crippen molar-refractivity contribution in [3.05, 3.63) is 69.7 Å². The quantitative estimate of drug-likeness (QED) is 0.724. The maximum Gasteiger partial charge on any atom is 0.228 e. The van der Waals surface area contributed by atoms with Crippen molar-refractivity contribution in [2.75, 3.05) is 26.2 Å². The molecule has 4 unspecified atom stereocenters. The van der Waals surface area contributed by atoms with E-state index in [4.69, 9.17) is 28.9 Å². The Morgan fingerprint density at radius 3 is 2.57 bits per heavy atom. The van der Waals surface area contributed by atoms with Gasteiger partial charge in [-0.3, -0.25) is 9.69 Å². The van der Waals surface area contributed by atoms with Crippen LogP contribution < -0.4 is 11.1 Å². The summed E-state index contributed by atoms with van der Waals surface area (Å²) in [7, 11) is 0. The molecular weight excluding hydrogens is 417 g/mol. The number of rotatable bonds is 5. The highest BCUT2D eigenvalue weighted by Crippen LogP contribution is 2.51. The second kappa shape index (κ2) is 8.88. The first-order chi connectivity index (χ1) is 14.5. The van der Waals surface area contributed by atoms with E-state index >= 15 is 0 Å². The maximum absolute atomic E-state index is 13.3. The zero-order valence-corrected chi connectivity index (χ0v) is 18.8. The summed E-state index contributed by atoms with van der Waals surface area (Å²) in [5.41, 5.74) is 7.47. The third-order valence-electron chi connectivity index (χ3n) is 7.11. The van der Waals surface area contributed by atoms with Gasteiger partial charge in [0.15, 0.2) is 0 Å². The molecule has 2 aliphatic heterocycles. The van der Waals surface area contributed by atoms with Crippen LogP contribution >= 0.6 is 23.2 Å². The second-order valence-corrected chi connectivity index (χ2v) is 9.29. The van der Waals surface area contributed by atoms with Crippen LogP contribution in [0.2, 0.25) is 10.0 Å². The van der Waals surface area contributed by atoms with E-state index in [0.29, 0.717) is 22.4 Å². The van der Waals surface area contributed by atoms with E-state index < -0.39 is 5.41 Å². The van der Waals surface area contributed by atoms with Crippen molar-refractivity contribution in [2.24, 2.45) is 11.7 Å². The number of nitrogens with two attached hydrogens (primary N) is 1. The molecule has 6 heteroatoms. The summed E-state index contributed by atoms with van der Waals surface area (Å²) in [6.45, 7) is 5.92. The highest BCUT2D eigenvalue weighted by Gasteiger charge is 2.55. The molecule has 0 aromatic heterocycles. The molecule has 0 radical (unpaired) electrons. The van der Waals surface area contributed by atoms with Crippen LogP contribution in [0.1, 0.15) is 36.8 Å². The molecule has 2 saturated heterocycles. The lowest BCUT2D eigenvalue weighted by Crippen LogP contribution is -2.61. The Kier molecular flexibility index (Phi) is 6.40.